The molecule has 0 bridgehead atoms. The fourth-order valence-corrected chi connectivity index (χ4v) is 4.77. The Hall–Kier alpha value is -3.71. The van der Waals surface area contributed by atoms with Crippen molar-refractivity contribution >= 4 is 17.0 Å². The average Bonchev–Trinajstić information content (AvgIpc) is 3.31. The molecule has 6 heteroatoms. The summed E-state index contributed by atoms with van der Waals surface area (Å²) in [6.07, 6.45) is 3.28. The Kier molecular flexibility index (Phi) is 9.36. The van der Waals surface area contributed by atoms with Crippen molar-refractivity contribution in [3.05, 3.63) is 120 Å². The number of hydrogen-bond acceptors (Lipinski definition) is 5. The van der Waals surface area contributed by atoms with E-state index in [4.69, 9.17) is 9.47 Å². The molecule has 0 spiro atoms. The van der Waals surface area contributed by atoms with Gasteiger partial charge in [-0.2, -0.15) is 0 Å². The molecule has 0 saturated carbocycles. The van der Waals surface area contributed by atoms with Gasteiger partial charge in [0.15, 0.2) is 0 Å². The van der Waals surface area contributed by atoms with Crippen LogP contribution < -0.4 is 5.32 Å². The predicted octanol–water partition coefficient (Wildman–Crippen LogP) is 6.60. The molecule has 4 rings (SSSR count). The van der Waals surface area contributed by atoms with E-state index < -0.39 is 11.7 Å². The fourth-order valence-electron chi connectivity index (χ4n) is 4.77. The number of aromatic nitrogens is 1. The largest absolute Gasteiger partial charge is 0.443 e. The van der Waals surface area contributed by atoms with Gasteiger partial charge in [0.2, 0.25) is 0 Å². The zero-order valence-corrected chi connectivity index (χ0v) is 22.9. The molecule has 0 aliphatic carbocycles. The number of hydrogen-bond donors (Lipinski definition) is 2. The van der Waals surface area contributed by atoms with Gasteiger partial charge >= 0.3 is 6.09 Å². The van der Waals surface area contributed by atoms with Crippen molar-refractivity contribution in [2.24, 2.45) is 0 Å². The molecule has 0 amide bonds. The molecule has 1 heterocycles. The molecule has 204 valence electrons. The number of rotatable bonds is 11. The second kappa shape index (κ2) is 12.9. The normalized spacial score (nSPS) is 14.1. The smallest absolute Gasteiger partial charge is 0.419 e. The van der Waals surface area contributed by atoms with Gasteiger partial charge in [0.25, 0.3) is 0 Å². The molecule has 0 aliphatic rings. The first-order valence-electron chi connectivity index (χ1n) is 13.3. The fraction of sp³-hybridized carbons (Fsp3) is 0.303. The predicted molar refractivity (Wildman–Crippen MR) is 156 cm³/mol. The zero-order valence-electron chi connectivity index (χ0n) is 22.9. The van der Waals surface area contributed by atoms with Crippen LogP contribution in [-0.2, 0) is 16.1 Å². The summed E-state index contributed by atoms with van der Waals surface area (Å²) in [4.78, 5) is 13.1. The number of nitrogens with zero attached hydrogens (tertiary/aromatic N) is 1. The topological polar surface area (TPSA) is 72.7 Å². The van der Waals surface area contributed by atoms with Gasteiger partial charge in [-0.25, -0.2) is 4.79 Å². The van der Waals surface area contributed by atoms with Gasteiger partial charge in [-0.3, -0.25) is 4.57 Å². The van der Waals surface area contributed by atoms with E-state index >= 15 is 0 Å². The highest BCUT2D eigenvalue weighted by Gasteiger charge is 2.29. The number of aliphatic hydroxyl groups excluding tert-OH is 1. The van der Waals surface area contributed by atoms with E-state index in [0.29, 0.717) is 13.2 Å². The van der Waals surface area contributed by atoms with Crippen molar-refractivity contribution < 1.29 is 19.4 Å². The van der Waals surface area contributed by atoms with E-state index in [1.54, 1.807) is 4.57 Å². The Morgan fingerprint density at radius 2 is 1.64 bits per heavy atom. The Balaban J connectivity index is 1.69. The Labute approximate surface area is 230 Å². The average molecular weight is 527 g/mol. The summed E-state index contributed by atoms with van der Waals surface area (Å²) < 4.78 is 13.5. The van der Waals surface area contributed by atoms with Crippen LogP contribution in [0.4, 0.5) is 4.79 Å². The molecule has 0 unspecified atom stereocenters. The lowest BCUT2D eigenvalue weighted by atomic mass is 9.90. The van der Waals surface area contributed by atoms with Crippen molar-refractivity contribution in [1.82, 2.24) is 9.88 Å². The van der Waals surface area contributed by atoms with E-state index in [0.717, 1.165) is 27.6 Å². The molecule has 3 aromatic carbocycles. The van der Waals surface area contributed by atoms with Crippen molar-refractivity contribution in [2.75, 3.05) is 13.2 Å². The molecule has 0 saturated heterocycles. The number of fused-ring (bicyclic) bond motifs is 1. The third-order valence-corrected chi connectivity index (χ3v) is 6.59. The number of carbonyl (C=O) groups excluding carboxylic acids is 1. The molecule has 0 fully saturated rings. The lowest BCUT2D eigenvalue weighted by molar-refractivity contribution is 0.0544. The Bertz CT molecular complexity index is 1360. The number of para-hydroxylation sites is 1. The van der Waals surface area contributed by atoms with Crippen LogP contribution in [0.15, 0.2) is 104 Å². The Morgan fingerprint density at radius 3 is 2.28 bits per heavy atom. The van der Waals surface area contributed by atoms with Gasteiger partial charge in [0, 0.05) is 23.5 Å². The van der Waals surface area contributed by atoms with Gasteiger partial charge in [-0.15, -0.1) is 6.58 Å². The van der Waals surface area contributed by atoms with Crippen molar-refractivity contribution in [3.63, 3.8) is 0 Å². The Morgan fingerprint density at radius 1 is 1.00 bits per heavy atom. The summed E-state index contributed by atoms with van der Waals surface area (Å²) in [5, 5.41) is 14.9. The maximum absolute atomic E-state index is 13.1. The highest BCUT2D eigenvalue weighted by atomic mass is 16.6. The summed E-state index contributed by atoms with van der Waals surface area (Å²) >= 11 is 0. The van der Waals surface area contributed by atoms with Crippen LogP contribution in [0.3, 0.4) is 0 Å². The maximum Gasteiger partial charge on any atom is 0.419 e. The van der Waals surface area contributed by atoms with E-state index in [-0.39, 0.29) is 24.6 Å². The van der Waals surface area contributed by atoms with Crippen LogP contribution in [0.2, 0.25) is 0 Å². The second-order valence-electron chi connectivity index (χ2n) is 10.6. The monoisotopic (exact) mass is 526 g/mol. The molecular weight excluding hydrogens is 488 g/mol. The number of nitrogens with one attached hydrogen (secondary N) is 1. The highest BCUT2D eigenvalue weighted by Crippen LogP contribution is 2.33. The molecule has 4 aromatic rings. The molecule has 39 heavy (non-hydrogen) atoms. The second-order valence-corrected chi connectivity index (χ2v) is 10.6. The summed E-state index contributed by atoms with van der Waals surface area (Å²) in [6.45, 7) is 10.5. The number of carbonyl (C=O) groups is 1. The van der Waals surface area contributed by atoms with E-state index in [1.807, 2.05) is 118 Å². The quantitative estimate of drug-likeness (QED) is 0.215. The minimum Gasteiger partial charge on any atom is -0.443 e. The SMILES string of the molecule is C=C[C@H](c1cn(C(=O)OC(C)(C)C)c2ccccc12)[C@H](COCc1ccccc1)N[C@@H](CO)c1ccccc1. The summed E-state index contributed by atoms with van der Waals surface area (Å²) in [7, 11) is 0. The molecule has 1 aromatic heterocycles. The maximum atomic E-state index is 13.1. The van der Waals surface area contributed by atoms with Crippen LogP contribution in [-0.4, -0.2) is 40.6 Å². The zero-order chi connectivity index (χ0) is 27.8. The first-order chi connectivity index (χ1) is 18.8. The van der Waals surface area contributed by atoms with E-state index in [9.17, 15) is 9.90 Å². The number of benzene rings is 3. The molecule has 3 atom stereocenters. The van der Waals surface area contributed by atoms with Crippen LogP contribution in [0.25, 0.3) is 10.9 Å². The minimum absolute atomic E-state index is 0.0806. The number of aliphatic hydroxyl groups is 1. The van der Waals surface area contributed by atoms with E-state index in [2.05, 4.69) is 11.9 Å². The summed E-state index contributed by atoms with van der Waals surface area (Å²) in [6, 6.07) is 27.1. The van der Waals surface area contributed by atoms with Crippen molar-refractivity contribution in [3.8, 4) is 0 Å². The van der Waals surface area contributed by atoms with Gasteiger partial charge in [-0.05, 0) is 43.5 Å². The first kappa shape index (κ1) is 28.3. The first-order valence-corrected chi connectivity index (χ1v) is 13.3. The third-order valence-electron chi connectivity index (χ3n) is 6.59. The molecular formula is C33H38N2O4. The highest BCUT2D eigenvalue weighted by molar-refractivity contribution is 5.92. The van der Waals surface area contributed by atoms with Crippen LogP contribution >= 0.6 is 0 Å². The van der Waals surface area contributed by atoms with Gasteiger partial charge in [0.05, 0.1) is 31.4 Å². The van der Waals surface area contributed by atoms with Crippen LogP contribution in [0.1, 0.15) is 49.4 Å². The molecule has 0 radical (unpaired) electrons. The van der Waals surface area contributed by atoms with Gasteiger partial charge in [-0.1, -0.05) is 84.9 Å². The molecule has 0 aliphatic heterocycles. The molecule has 2 N–H and O–H groups in total. The van der Waals surface area contributed by atoms with Gasteiger partial charge in [0.1, 0.15) is 5.60 Å². The summed E-state index contributed by atoms with van der Waals surface area (Å²) in [5.74, 6) is -0.230. The van der Waals surface area contributed by atoms with Crippen molar-refractivity contribution in [1.29, 1.82) is 0 Å². The van der Waals surface area contributed by atoms with Crippen molar-refractivity contribution in [2.45, 2.75) is 51.0 Å². The van der Waals surface area contributed by atoms with Crippen LogP contribution in [0, 0.1) is 0 Å². The number of ether oxygens (including phenoxy) is 2. The van der Waals surface area contributed by atoms with E-state index in [1.165, 1.54) is 0 Å². The molecule has 6 nitrogen and oxygen atoms in total. The minimum atomic E-state index is -0.625. The van der Waals surface area contributed by atoms with Crippen LogP contribution in [0.5, 0.6) is 0 Å². The third kappa shape index (κ3) is 7.24. The lowest BCUT2D eigenvalue weighted by Crippen LogP contribution is -2.41. The lowest BCUT2D eigenvalue weighted by Gasteiger charge is -2.30. The standard InChI is InChI=1S/C33H38N2O4/c1-5-26(28-20-35(32(37)39-33(2,3)4)31-19-13-12-18-27(28)31)30(23-38-22-24-14-8-6-9-15-24)34-29(21-36)25-16-10-7-11-17-25/h5-20,26,29-30,34,36H,1,21-23H2,2-4H3/t26-,29+,30+/m1/s1. The van der Waals surface area contributed by atoms with Gasteiger partial charge < -0.3 is 19.9 Å². The summed E-state index contributed by atoms with van der Waals surface area (Å²) in [5.41, 5.74) is 3.12.